The highest BCUT2D eigenvalue weighted by atomic mass is 32.1. The first-order chi connectivity index (χ1) is 6.13. The standard InChI is InChI=1S/C10H12O2S/c1-2-7-3-4-8(6-10(11)12)9(13)5-7/h3-5,13H,2,6H2,1H3,(H,11,12). The minimum absolute atomic E-state index is 0.0445. The van der Waals surface area contributed by atoms with E-state index in [0.717, 1.165) is 16.9 Å². The maximum Gasteiger partial charge on any atom is 0.307 e. The van der Waals surface area contributed by atoms with Gasteiger partial charge in [0, 0.05) is 4.90 Å². The average molecular weight is 196 g/mol. The largest absolute Gasteiger partial charge is 0.481 e. The van der Waals surface area contributed by atoms with Gasteiger partial charge in [0.1, 0.15) is 0 Å². The Bertz CT molecular complexity index is 321. The number of carbonyl (C=O) groups is 1. The smallest absolute Gasteiger partial charge is 0.307 e. The Morgan fingerprint density at radius 2 is 2.23 bits per heavy atom. The summed E-state index contributed by atoms with van der Waals surface area (Å²) in [6.45, 7) is 2.05. The summed E-state index contributed by atoms with van der Waals surface area (Å²) >= 11 is 4.23. The predicted molar refractivity (Wildman–Crippen MR) is 54.4 cm³/mol. The molecule has 0 saturated heterocycles. The lowest BCUT2D eigenvalue weighted by atomic mass is 10.1. The van der Waals surface area contributed by atoms with E-state index >= 15 is 0 Å². The van der Waals surface area contributed by atoms with Crippen molar-refractivity contribution >= 4 is 18.6 Å². The third kappa shape index (κ3) is 2.77. The lowest BCUT2D eigenvalue weighted by Crippen LogP contribution is -2.01. The molecule has 0 unspecified atom stereocenters. The first-order valence-electron chi connectivity index (χ1n) is 4.16. The first kappa shape index (κ1) is 10.1. The Balaban J connectivity index is 2.91. The van der Waals surface area contributed by atoms with Crippen molar-refractivity contribution in [2.75, 3.05) is 0 Å². The highest BCUT2D eigenvalue weighted by Crippen LogP contribution is 2.16. The van der Waals surface area contributed by atoms with Crippen LogP contribution in [0.1, 0.15) is 18.1 Å². The molecule has 1 aromatic rings. The van der Waals surface area contributed by atoms with Gasteiger partial charge in [-0.05, 0) is 23.6 Å². The minimum Gasteiger partial charge on any atom is -0.481 e. The van der Waals surface area contributed by atoms with Crippen LogP contribution in [0.4, 0.5) is 0 Å². The highest BCUT2D eigenvalue weighted by Gasteiger charge is 2.04. The second-order valence-electron chi connectivity index (χ2n) is 2.89. The number of rotatable bonds is 3. The summed E-state index contributed by atoms with van der Waals surface area (Å²) in [5, 5.41) is 8.58. The summed E-state index contributed by atoms with van der Waals surface area (Å²) in [5.74, 6) is -0.820. The zero-order valence-electron chi connectivity index (χ0n) is 7.45. The molecule has 0 saturated carbocycles. The molecule has 0 heterocycles. The SMILES string of the molecule is CCc1ccc(CC(=O)O)c(S)c1. The average Bonchev–Trinajstić information content (AvgIpc) is 2.08. The Morgan fingerprint density at radius 1 is 1.54 bits per heavy atom. The fourth-order valence-corrected chi connectivity index (χ4v) is 1.46. The molecule has 2 nitrogen and oxygen atoms in total. The van der Waals surface area contributed by atoms with Crippen molar-refractivity contribution in [2.45, 2.75) is 24.7 Å². The van der Waals surface area contributed by atoms with Crippen molar-refractivity contribution in [3.05, 3.63) is 29.3 Å². The van der Waals surface area contributed by atoms with Gasteiger partial charge in [-0.2, -0.15) is 0 Å². The van der Waals surface area contributed by atoms with Gasteiger partial charge in [-0.25, -0.2) is 0 Å². The summed E-state index contributed by atoms with van der Waals surface area (Å²) < 4.78 is 0. The van der Waals surface area contributed by atoms with Crippen LogP contribution in [0.15, 0.2) is 23.1 Å². The van der Waals surface area contributed by atoms with Gasteiger partial charge in [0.25, 0.3) is 0 Å². The number of hydrogen-bond donors (Lipinski definition) is 2. The van der Waals surface area contributed by atoms with Crippen molar-refractivity contribution in [3.8, 4) is 0 Å². The topological polar surface area (TPSA) is 37.3 Å². The molecule has 0 atom stereocenters. The van der Waals surface area contributed by atoms with Crippen molar-refractivity contribution in [3.63, 3.8) is 0 Å². The number of aryl methyl sites for hydroxylation is 1. The van der Waals surface area contributed by atoms with Crippen LogP contribution >= 0.6 is 12.6 Å². The third-order valence-electron chi connectivity index (χ3n) is 1.90. The molecule has 1 N–H and O–H groups in total. The maximum absolute atomic E-state index is 10.4. The normalized spacial score (nSPS) is 10.0. The molecule has 0 amide bonds. The van der Waals surface area contributed by atoms with E-state index in [0.29, 0.717) is 0 Å². The van der Waals surface area contributed by atoms with Crippen LogP contribution in [0.5, 0.6) is 0 Å². The lowest BCUT2D eigenvalue weighted by Gasteiger charge is -2.03. The Morgan fingerprint density at radius 3 is 2.69 bits per heavy atom. The molecule has 0 aliphatic carbocycles. The van der Waals surface area contributed by atoms with Crippen LogP contribution in [0.25, 0.3) is 0 Å². The molecule has 0 aliphatic heterocycles. The van der Waals surface area contributed by atoms with Crippen LogP contribution < -0.4 is 0 Å². The zero-order valence-corrected chi connectivity index (χ0v) is 8.34. The summed E-state index contributed by atoms with van der Waals surface area (Å²) in [7, 11) is 0. The second kappa shape index (κ2) is 4.33. The molecule has 1 aromatic carbocycles. The van der Waals surface area contributed by atoms with E-state index in [9.17, 15) is 4.79 Å². The van der Waals surface area contributed by atoms with E-state index in [2.05, 4.69) is 19.6 Å². The molecule has 0 spiro atoms. The van der Waals surface area contributed by atoms with Crippen LogP contribution in [0.2, 0.25) is 0 Å². The quantitative estimate of drug-likeness (QED) is 0.727. The number of carboxylic acid groups (broad SMARTS) is 1. The van der Waals surface area contributed by atoms with Gasteiger partial charge in [0.2, 0.25) is 0 Å². The second-order valence-corrected chi connectivity index (χ2v) is 3.37. The van der Waals surface area contributed by atoms with Crippen LogP contribution in [-0.2, 0) is 17.6 Å². The summed E-state index contributed by atoms with van der Waals surface area (Å²) in [4.78, 5) is 11.2. The molecule has 1 rings (SSSR count). The Hall–Kier alpha value is -0.960. The van der Waals surface area contributed by atoms with Gasteiger partial charge >= 0.3 is 5.97 Å². The first-order valence-corrected chi connectivity index (χ1v) is 4.60. The molecular weight excluding hydrogens is 184 g/mol. The van der Waals surface area contributed by atoms with Gasteiger partial charge < -0.3 is 5.11 Å². The minimum atomic E-state index is -0.820. The molecule has 13 heavy (non-hydrogen) atoms. The van der Waals surface area contributed by atoms with Gasteiger partial charge in [-0.1, -0.05) is 19.1 Å². The highest BCUT2D eigenvalue weighted by molar-refractivity contribution is 7.80. The van der Waals surface area contributed by atoms with E-state index in [1.54, 1.807) is 0 Å². The number of aliphatic carboxylic acids is 1. The molecule has 0 radical (unpaired) electrons. The van der Waals surface area contributed by atoms with Crippen molar-refractivity contribution in [2.24, 2.45) is 0 Å². The monoisotopic (exact) mass is 196 g/mol. The van der Waals surface area contributed by atoms with E-state index in [1.807, 2.05) is 18.2 Å². The fourth-order valence-electron chi connectivity index (χ4n) is 1.14. The fraction of sp³-hybridized carbons (Fsp3) is 0.300. The van der Waals surface area contributed by atoms with Gasteiger partial charge in [0.15, 0.2) is 0 Å². The van der Waals surface area contributed by atoms with E-state index in [-0.39, 0.29) is 6.42 Å². The Kier molecular flexibility index (Phi) is 3.37. The zero-order chi connectivity index (χ0) is 9.84. The molecule has 3 heteroatoms. The molecule has 0 fully saturated rings. The van der Waals surface area contributed by atoms with E-state index in [4.69, 9.17) is 5.11 Å². The summed E-state index contributed by atoms with van der Waals surface area (Å²) in [6, 6.07) is 5.69. The molecule has 70 valence electrons. The number of benzene rings is 1. The van der Waals surface area contributed by atoms with Crippen LogP contribution in [-0.4, -0.2) is 11.1 Å². The lowest BCUT2D eigenvalue weighted by molar-refractivity contribution is -0.136. The molecular formula is C10H12O2S. The van der Waals surface area contributed by atoms with E-state index < -0.39 is 5.97 Å². The molecule has 0 bridgehead atoms. The van der Waals surface area contributed by atoms with Gasteiger partial charge in [-0.3, -0.25) is 4.79 Å². The van der Waals surface area contributed by atoms with Crippen LogP contribution in [0.3, 0.4) is 0 Å². The van der Waals surface area contributed by atoms with Crippen molar-refractivity contribution in [1.82, 2.24) is 0 Å². The predicted octanol–water partition coefficient (Wildman–Crippen LogP) is 2.16. The number of hydrogen-bond acceptors (Lipinski definition) is 2. The number of thiol groups is 1. The summed E-state index contributed by atoms with van der Waals surface area (Å²) in [5.41, 5.74) is 1.95. The van der Waals surface area contributed by atoms with Gasteiger partial charge in [-0.15, -0.1) is 12.6 Å². The van der Waals surface area contributed by atoms with E-state index in [1.165, 1.54) is 5.56 Å². The third-order valence-corrected chi connectivity index (χ3v) is 2.32. The van der Waals surface area contributed by atoms with Crippen molar-refractivity contribution in [1.29, 1.82) is 0 Å². The molecule has 0 aromatic heterocycles. The van der Waals surface area contributed by atoms with Gasteiger partial charge in [0.05, 0.1) is 6.42 Å². The molecule has 0 aliphatic rings. The number of carboxylic acids is 1. The summed E-state index contributed by atoms with van der Waals surface area (Å²) in [6.07, 6.45) is 0.990. The Labute approximate surface area is 83.0 Å². The van der Waals surface area contributed by atoms with Crippen LogP contribution in [0, 0.1) is 0 Å². The van der Waals surface area contributed by atoms with Crippen molar-refractivity contribution < 1.29 is 9.90 Å². The maximum atomic E-state index is 10.4.